The van der Waals surface area contributed by atoms with Gasteiger partial charge in [-0.2, -0.15) is 0 Å². The summed E-state index contributed by atoms with van der Waals surface area (Å²) in [5, 5.41) is 8.38. The molecule has 0 saturated carbocycles. The molecule has 7 rings (SSSR count). The normalized spacial score (nSPS) is 11.9. The number of fused-ring (bicyclic) bond motifs is 9. The Morgan fingerprint density at radius 3 is 1.32 bits per heavy atom. The highest BCUT2D eigenvalue weighted by Crippen LogP contribution is 2.38. The van der Waals surface area contributed by atoms with E-state index in [1.165, 1.54) is 21.5 Å². The molecule has 7 aromatic rings. The van der Waals surface area contributed by atoms with Crippen LogP contribution in [0.2, 0.25) is 0 Å². The Kier molecular flexibility index (Phi) is 5.02. The second kappa shape index (κ2) is 8.14. The number of aromatic nitrogens is 1. The van der Waals surface area contributed by atoms with Crippen molar-refractivity contribution in [3.05, 3.63) is 78.4 Å². The minimum absolute atomic E-state index is 0.377. The Hall–Kier alpha value is -3.71. The van der Waals surface area contributed by atoms with Crippen LogP contribution in [0, 0.1) is 6.92 Å². The van der Waals surface area contributed by atoms with Crippen LogP contribution in [0.1, 0.15) is 5.56 Å². The largest absolute Gasteiger partial charge is 0.310 e. The first-order chi connectivity index (χ1) is 18.3. The topological polar surface area (TPSA) is 4.93 Å². The second-order valence-corrected chi connectivity index (χ2v) is 10.00. The van der Waals surface area contributed by atoms with Gasteiger partial charge >= 0.3 is 0 Å². The maximum atomic E-state index is 6.62. The average Bonchev–Trinajstić information content (AvgIpc) is 3.28. The average molecular weight is 466 g/mol. The lowest BCUT2D eigenvalue weighted by Crippen LogP contribution is -2.33. The summed E-state index contributed by atoms with van der Waals surface area (Å²) in [6.45, 7) is 2.09. The van der Waals surface area contributed by atoms with Gasteiger partial charge in [0.2, 0.25) is 0 Å². The fourth-order valence-corrected chi connectivity index (χ4v) is 6.09. The molecule has 0 amide bonds. The van der Waals surface area contributed by atoms with E-state index in [0.29, 0.717) is 54.6 Å². The van der Waals surface area contributed by atoms with Crippen molar-refractivity contribution in [1.82, 2.24) is 4.57 Å². The van der Waals surface area contributed by atoms with Gasteiger partial charge in [-0.3, -0.25) is 0 Å². The summed E-state index contributed by atoms with van der Waals surface area (Å²) in [6, 6.07) is 24.8. The third-order valence-corrected chi connectivity index (χ3v) is 7.80. The van der Waals surface area contributed by atoms with Crippen molar-refractivity contribution in [3.63, 3.8) is 0 Å². The standard InChI is InChI=1S/C31H15B6N/c1-14-10-19-17-8-4-2-6-15(17)16-7-3-5-9-18(16)20(19)11-25(14)38-30-23(34)12-21(32)28(36)26(30)27-29(37)22(33)13-24(35)31(27)38/h2-13H,1H3. The molecule has 0 aliphatic carbocycles. The van der Waals surface area contributed by atoms with Crippen molar-refractivity contribution in [3.8, 4) is 5.69 Å². The molecular weight excluding hydrogens is 451 g/mol. The third kappa shape index (κ3) is 3.02. The van der Waals surface area contributed by atoms with E-state index in [1.54, 1.807) is 12.1 Å². The molecule has 0 aliphatic rings. The molecule has 38 heavy (non-hydrogen) atoms. The molecule has 0 atom stereocenters. The van der Waals surface area contributed by atoms with Crippen LogP contribution in [-0.2, 0) is 0 Å². The van der Waals surface area contributed by atoms with E-state index < -0.39 is 0 Å². The van der Waals surface area contributed by atoms with Crippen LogP contribution in [0.3, 0.4) is 0 Å². The van der Waals surface area contributed by atoms with Crippen LogP contribution in [0.4, 0.5) is 0 Å². The summed E-state index contributed by atoms with van der Waals surface area (Å²) in [7, 11) is 38.9. The van der Waals surface area contributed by atoms with Gasteiger partial charge in [-0.15, -0.1) is 10.9 Å². The molecule has 12 radical (unpaired) electrons. The lowest BCUT2D eigenvalue weighted by molar-refractivity contribution is 1.17. The van der Waals surface area contributed by atoms with Gasteiger partial charge in [0.15, 0.2) is 0 Å². The van der Waals surface area contributed by atoms with Crippen LogP contribution < -0.4 is 32.8 Å². The van der Waals surface area contributed by atoms with Crippen LogP contribution in [0.25, 0.3) is 59.8 Å². The Morgan fingerprint density at radius 2 is 0.868 bits per heavy atom. The highest BCUT2D eigenvalue weighted by Gasteiger charge is 2.21. The quantitative estimate of drug-likeness (QED) is 0.254. The smallest absolute Gasteiger partial charge is 0.116 e. The summed E-state index contributed by atoms with van der Waals surface area (Å²) in [4.78, 5) is 0. The summed E-state index contributed by atoms with van der Waals surface area (Å²) in [6.07, 6.45) is 0. The molecule has 6 aromatic carbocycles. The summed E-state index contributed by atoms with van der Waals surface area (Å²) in [5.74, 6) is 0. The van der Waals surface area contributed by atoms with Crippen LogP contribution >= 0.6 is 0 Å². The molecule has 7 heteroatoms. The minimum Gasteiger partial charge on any atom is -0.310 e. The molecule has 0 bridgehead atoms. The number of rotatable bonds is 1. The highest BCUT2D eigenvalue weighted by atomic mass is 15.0. The predicted octanol–water partition coefficient (Wildman–Crippen LogP) is 1.31. The molecule has 1 aromatic heterocycles. The monoisotopic (exact) mass is 467 g/mol. The lowest BCUT2D eigenvalue weighted by atomic mass is 9.71. The van der Waals surface area contributed by atoms with E-state index in [2.05, 4.69) is 72.2 Å². The predicted molar refractivity (Wildman–Crippen MR) is 170 cm³/mol. The van der Waals surface area contributed by atoms with Crippen LogP contribution in [-0.4, -0.2) is 51.6 Å². The first-order valence-corrected chi connectivity index (χ1v) is 12.4. The van der Waals surface area contributed by atoms with E-state index in [4.69, 9.17) is 47.1 Å². The molecule has 0 unspecified atom stereocenters. The van der Waals surface area contributed by atoms with Crippen molar-refractivity contribution in [2.45, 2.75) is 6.92 Å². The van der Waals surface area contributed by atoms with Crippen LogP contribution in [0.15, 0.2) is 72.8 Å². The van der Waals surface area contributed by atoms with Crippen molar-refractivity contribution in [2.75, 3.05) is 0 Å². The first kappa shape index (κ1) is 23.4. The van der Waals surface area contributed by atoms with E-state index in [9.17, 15) is 0 Å². The molecule has 0 aliphatic heterocycles. The third-order valence-electron chi connectivity index (χ3n) is 7.80. The van der Waals surface area contributed by atoms with Crippen molar-refractivity contribution in [1.29, 1.82) is 0 Å². The maximum Gasteiger partial charge on any atom is 0.116 e. The fourth-order valence-electron chi connectivity index (χ4n) is 6.09. The van der Waals surface area contributed by atoms with Gasteiger partial charge in [0.05, 0.1) is 0 Å². The lowest BCUT2D eigenvalue weighted by Gasteiger charge is -2.18. The number of aryl methyl sites for hydroxylation is 1. The van der Waals surface area contributed by atoms with E-state index in [-0.39, 0.29) is 0 Å². The minimum atomic E-state index is 0.377. The highest BCUT2D eigenvalue weighted by molar-refractivity contribution is 6.62. The SMILES string of the molecule is [B]c1cc([B])c2c(c1[B])c1c([B])c([B])cc([B])c1n2-c1cc2c3ccccc3c3ccccc3c2cc1C. The molecular formula is C31H15B6N. The van der Waals surface area contributed by atoms with E-state index >= 15 is 0 Å². The van der Waals surface area contributed by atoms with Crippen LogP contribution in [0.5, 0.6) is 0 Å². The summed E-state index contributed by atoms with van der Waals surface area (Å²) in [5.41, 5.74) is 5.85. The molecule has 1 nitrogen and oxygen atoms in total. The Balaban J connectivity index is 1.75. The second-order valence-electron chi connectivity index (χ2n) is 10.00. The van der Waals surface area contributed by atoms with Crippen molar-refractivity contribution < 1.29 is 0 Å². The zero-order valence-electron chi connectivity index (χ0n) is 20.8. The summed E-state index contributed by atoms with van der Waals surface area (Å²) >= 11 is 0. The first-order valence-electron chi connectivity index (χ1n) is 12.4. The molecule has 162 valence electrons. The van der Waals surface area contributed by atoms with Gasteiger partial charge < -0.3 is 4.57 Å². The van der Waals surface area contributed by atoms with Gasteiger partial charge in [0.25, 0.3) is 0 Å². The van der Waals surface area contributed by atoms with Gasteiger partial charge in [0, 0.05) is 16.7 Å². The Morgan fingerprint density at radius 1 is 0.474 bits per heavy atom. The van der Waals surface area contributed by atoms with Gasteiger partial charge in [0.1, 0.15) is 47.1 Å². The number of hydrogen-bond acceptors (Lipinski definition) is 0. The Bertz CT molecular complexity index is 2090. The van der Waals surface area contributed by atoms with E-state index in [1.807, 2.05) is 0 Å². The number of nitrogens with zero attached hydrogens (tertiary/aromatic N) is 1. The van der Waals surface area contributed by atoms with Crippen molar-refractivity contribution >= 4 is 134 Å². The number of hydrogen-bond donors (Lipinski definition) is 0. The molecule has 0 saturated heterocycles. The van der Waals surface area contributed by atoms with E-state index in [0.717, 1.165) is 22.0 Å². The number of benzene rings is 6. The molecule has 1 heterocycles. The molecule has 0 fully saturated rings. The molecule has 0 spiro atoms. The van der Waals surface area contributed by atoms with Crippen molar-refractivity contribution in [2.24, 2.45) is 0 Å². The van der Waals surface area contributed by atoms with Gasteiger partial charge in [-0.1, -0.05) is 82.5 Å². The summed E-state index contributed by atoms with van der Waals surface area (Å²) < 4.78 is 2.06. The van der Waals surface area contributed by atoms with Gasteiger partial charge in [-0.25, -0.2) is 0 Å². The Labute approximate surface area is 229 Å². The maximum absolute atomic E-state index is 6.62. The zero-order chi connectivity index (χ0) is 26.5. The van der Waals surface area contributed by atoms with Gasteiger partial charge in [-0.05, 0) is 67.7 Å². The fraction of sp³-hybridized carbons (Fsp3) is 0.0323. The molecule has 0 N–H and O–H groups in total. The zero-order valence-corrected chi connectivity index (χ0v) is 20.8.